The molecule has 1 aromatic carbocycles. The lowest BCUT2D eigenvalue weighted by Gasteiger charge is -2.09. The van der Waals surface area contributed by atoms with Gasteiger partial charge in [-0.05, 0) is 19.4 Å². The molecule has 0 saturated carbocycles. The van der Waals surface area contributed by atoms with Crippen LogP contribution in [0.4, 0.5) is 5.69 Å². The molecule has 0 saturated heterocycles. The fourth-order valence-corrected chi connectivity index (χ4v) is 3.15. The number of nitro benzene ring substituents is 1. The van der Waals surface area contributed by atoms with Gasteiger partial charge in [0, 0.05) is 18.7 Å². The van der Waals surface area contributed by atoms with E-state index >= 15 is 0 Å². The first kappa shape index (κ1) is 19.1. The Bertz CT molecular complexity index is 578. The minimum Gasteiger partial charge on any atom is -0.328 e. The van der Waals surface area contributed by atoms with Crippen LogP contribution in [0.2, 0.25) is 5.02 Å². The standard InChI is InChI=1S/C10H14ClN3O4S.ClH/c1-7(12)5-6-13-19(17,18)10-8(11)3-2-4-9(10)14(15)16;/h2-4,7,13H,5-6,12H2,1H3;1H. The second-order valence-electron chi connectivity index (χ2n) is 4.01. The average molecular weight is 344 g/mol. The third-order valence-corrected chi connectivity index (χ3v) is 4.28. The molecule has 1 unspecified atom stereocenters. The molecule has 114 valence electrons. The number of sulfonamides is 1. The molecule has 1 rings (SSSR count). The lowest BCUT2D eigenvalue weighted by molar-refractivity contribution is -0.387. The van der Waals surface area contributed by atoms with E-state index in [9.17, 15) is 18.5 Å². The summed E-state index contributed by atoms with van der Waals surface area (Å²) in [6.45, 7) is 1.81. The monoisotopic (exact) mass is 343 g/mol. The highest BCUT2D eigenvalue weighted by atomic mass is 35.5. The van der Waals surface area contributed by atoms with Crippen LogP contribution in [0, 0.1) is 10.1 Å². The van der Waals surface area contributed by atoms with Gasteiger partial charge in [0.1, 0.15) is 0 Å². The van der Waals surface area contributed by atoms with E-state index in [1.165, 1.54) is 12.1 Å². The third-order valence-electron chi connectivity index (χ3n) is 2.30. The lowest BCUT2D eigenvalue weighted by atomic mass is 10.3. The number of halogens is 2. The molecule has 0 aliphatic carbocycles. The van der Waals surface area contributed by atoms with Crippen molar-refractivity contribution in [2.24, 2.45) is 5.73 Å². The Morgan fingerprint density at radius 3 is 2.60 bits per heavy atom. The van der Waals surface area contributed by atoms with Crippen LogP contribution in [0.3, 0.4) is 0 Å². The van der Waals surface area contributed by atoms with Gasteiger partial charge in [0.05, 0.1) is 9.95 Å². The van der Waals surface area contributed by atoms with Gasteiger partial charge in [0.2, 0.25) is 10.0 Å². The highest BCUT2D eigenvalue weighted by molar-refractivity contribution is 7.89. The summed E-state index contributed by atoms with van der Waals surface area (Å²) in [6.07, 6.45) is 0.414. The molecule has 0 aliphatic heterocycles. The van der Waals surface area contributed by atoms with Crippen molar-refractivity contribution in [2.45, 2.75) is 24.3 Å². The summed E-state index contributed by atoms with van der Waals surface area (Å²) in [7, 11) is -4.04. The summed E-state index contributed by atoms with van der Waals surface area (Å²) in [5, 5.41) is 10.6. The maximum absolute atomic E-state index is 12.0. The van der Waals surface area contributed by atoms with Crippen LogP contribution >= 0.6 is 24.0 Å². The number of nitrogens with one attached hydrogen (secondary N) is 1. The van der Waals surface area contributed by atoms with Gasteiger partial charge in [-0.1, -0.05) is 17.7 Å². The summed E-state index contributed by atoms with van der Waals surface area (Å²) in [4.78, 5) is 9.53. The maximum Gasteiger partial charge on any atom is 0.290 e. The van der Waals surface area contributed by atoms with Crippen molar-refractivity contribution >= 4 is 39.7 Å². The second kappa shape index (κ2) is 7.75. The lowest BCUT2D eigenvalue weighted by Crippen LogP contribution is -2.29. The van der Waals surface area contributed by atoms with Gasteiger partial charge in [0.15, 0.2) is 4.90 Å². The van der Waals surface area contributed by atoms with Gasteiger partial charge < -0.3 is 5.73 Å². The van der Waals surface area contributed by atoms with E-state index in [0.29, 0.717) is 6.42 Å². The van der Waals surface area contributed by atoms with E-state index in [2.05, 4.69) is 4.72 Å². The molecule has 0 bridgehead atoms. The average Bonchev–Trinajstić information content (AvgIpc) is 2.27. The zero-order valence-corrected chi connectivity index (χ0v) is 13.0. The molecule has 0 aromatic heterocycles. The summed E-state index contributed by atoms with van der Waals surface area (Å²) >= 11 is 5.75. The van der Waals surface area contributed by atoms with Crippen molar-refractivity contribution in [1.82, 2.24) is 4.72 Å². The van der Waals surface area contributed by atoms with Gasteiger partial charge in [-0.15, -0.1) is 12.4 Å². The Morgan fingerprint density at radius 2 is 2.10 bits per heavy atom. The molecular weight excluding hydrogens is 329 g/mol. The first-order valence-electron chi connectivity index (χ1n) is 5.44. The summed E-state index contributed by atoms with van der Waals surface area (Å²) in [6, 6.07) is 3.52. The quantitative estimate of drug-likeness (QED) is 0.602. The van der Waals surface area contributed by atoms with E-state index in [1.54, 1.807) is 6.92 Å². The van der Waals surface area contributed by atoms with Crippen LogP contribution < -0.4 is 10.5 Å². The van der Waals surface area contributed by atoms with Crippen LogP contribution in [0.25, 0.3) is 0 Å². The molecular formula is C10H15Cl2N3O4S. The Labute approximate surface area is 128 Å². The van der Waals surface area contributed by atoms with Gasteiger partial charge in [-0.2, -0.15) is 0 Å². The van der Waals surface area contributed by atoms with Gasteiger partial charge >= 0.3 is 0 Å². The third kappa shape index (κ3) is 4.88. The van der Waals surface area contributed by atoms with Crippen LogP contribution in [-0.2, 0) is 10.0 Å². The smallest absolute Gasteiger partial charge is 0.290 e. The van der Waals surface area contributed by atoms with Crippen LogP contribution in [0.5, 0.6) is 0 Å². The van der Waals surface area contributed by atoms with E-state index in [0.717, 1.165) is 6.07 Å². The van der Waals surface area contributed by atoms with Crippen LogP contribution in [0.1, 0.15) is 13.3 Å². The first-order valence-corrected chi connectivity index (χ1v) is 7.30. The molecule has 0 spiro atoms. The molecule has 0 fully saturated rings. The summed E-state index contributed by atoms with van der Waals surface area (Å²) in [5.74, 6) is 0. The molecule has 0 radical (unpaired) electrons. The molecule has 1 aromatic rings. The van der Waals surface area contributed by atoms with Crippen molar-refractivity contribution < 1.29 is 13.3 Å². The van der Waals surface area contributed by atoms with Crippen molar-refractivity contribution in [1.29, 1.82) is 0 Å². The Kier molecular flexibility index (Phi) is 7.39. The molecule has 1 atom stereocenters. The van der Waals surface area contributed by atoms with E-state index < -0.39 is 25.5 Å². The molecule has 0 heterocycles. The number of hydrogen-bond donors (Lipinski definition) is 2. The number of benzene rings is 1. The highest BCUT2D eigenvalue weighted by Crippen LogP contribution is 2.30. The zero-order valence-electron chi connectivity index (χ0n) is 10.6. The number of nitro groups is 1. The zero-order chi connectivity index (χ0) is 14.6. The normalized spacial score (nSPS) is 12.6. The first-order chi connectivity index (χ1) is 8.75. The summed E-state index contributed by atoms with van der Waals surface area (Å²) in [5.41, 5.74) is 4.94. The van der Waals surface area contributed by atoms with E-state index in [4.69, 9.17) is 17.3 Å². The van der Waals surface area contributed by atoms with Gasteiger partial charge in [0.25, 0.3) is 5.69 Å². The van der Waals surface area contributed by atoms with E-state index in [-0.39, 0.29) is 30.0 Å². The van der Waals surface area contributed by atoms with Crippen molar-refractivity contribution in [2.75, 3.05) is 6.54 Å². The minimum absolute atomic E-state index is 0. The number of nitrogens with two attached hydrogens (primary N) is 1. The van der Waals surface area contributed by atoms with E-state index in [1.807, 2.05) is 0 Å². The Hall–Kier alpha value is -0.930. The van der Waals surface area contributed by atoms with Gasteiger partial charge in [-0.3, -0.25) is 10.1 Å². The van der Waals surface area contributed by atoms with Crippen molar-refractivity contribution in [3.63, 3.8) is 0 Å². The fourth-order valence-electron chi connectivity index (χ4n) is 1.40. The molecule has 0 aliphatic rings. The predicted molar refractivity (Wildman–Crippen MR) is 78.8 cm³/mol. The SMILES string of the molecule is CC(N)CCNS(=O)(=O)c1c(Cl)cccc1[N+](=O)[O-].Cl. The highest BCUT2D eigenvalue weighted by Gasteiger charge is 2.28. The van der Waals surface area contributed by atoms with Gasteiger partial charge in [-0.25, -0.2) is 13.1 Å². The van der Waals surface area contributed by atoms with Crippen molar-refractivity contribution in [3.8, 4) is 0 Å². The molecule has 0 amide bonds. The van der Waals surface area contributed by atoms with Crippen molar-refractivity contribution in [3.05, 3.63) is 33.3 Å². The largest absolute Gasteiger partial charge is 0.328 e. The number of nitrogens with zero attached hydrogens (tertiary/aromatic N) is 1. The summed E-state index contributed by atoms with van der Waals surface area (Å²) < 4.78 is 26.3. The molecule has 7 nitrogen and oxygen atoms in total. The molecule has 10 heteroatoms. The number of rotatable bonds is 6. The topological polar surface area (TPSA) is 115 Å². The Balaban J connectivity index is 0.00000361. The van der Waals surface area contributed by atoms with Crippen LogP contribution in [-0.4, -0.2) is 25.9 Å². The molecule has 3 N–H and O–H groups in total. The second-order valence-corrected chi connectivity index (χ2v) is 6.12. The molecule has 20 heavy (non-hydrogen) atoms. The Morgan fingerprint density at radius 1 is 1.50 bits per heavy atom. The maximum atomic E-state index is 12.0. The predicted octanol–water partition coefficient (Wildman–Crippen LogP) is 1.69. The fraction of sp³-hybridized carbons (Fsp3) is 0.400. The number of hydrogen-bond acceptors (Lipinski definition) is 5. The minimum atomic E-state index is -4.04. The van der Waals surface area contributed by atoms with Crippen LogP contribution in [0.15, 0.2) is 23.1 Å².